The lowest BCUT2D eigenvalue weighted by Gasteiger charge is -2.34. The predicted octanol–water partition coefficient (Wildman–Crippen LogP) is 2.94. The first-order chi connectivity index (χ1) is 14.1. The lowest BCUT2D eigenvalue weighted by molar-refractivity contribution is 0.0590. The maximum atomic E-state index is 12.8. The van der Waals surface area contributed by atoms with E-state index in [1.165, 1.54) is 6.07 Å². The Balaban J connectivity index is 1.34. The van der Waals surface area contributed by atoms with Gasteiger partial charge in [-0.3, -0.25) is 14.5 Å². The summed E-state index contributed by atoms with van der Waals surface area (Å²) in [5.41, 5.74) is 1.24. The number of carbonyl (C=O) groups excluding carboxylic acids is 1. The van der Waals surface area contributed by atoms with Gasteiger partial charge in [0.25, 0.3) is 5.91 Å². The van der Waals surface area contributed by atoms with Crippen LogP contribution in [-0.4, -0.2) is 55.0 Å². The molecule has 1 aliphatic heterocycles. The molecule has 6 heteroatoms. The highest BCUT2D eigenvalue weighted by Gasteiger charge is 2.24. The van der Waals surface area contributed by atoms with Crippen LogP contribution in [0.3, 0.4) is 0 Å². The zero-order valence-electron chi connectivity index (χ0n) is 16.5. The number of nitrogens with zero attached hydrogens (tertiary/aromatic N) is 2. The lowest BCUT2D eigenvalue weighted by atomic mass is 10.1. The van der Waals surface area contributed by atoms with Crippen molar-refractivity contribution in [2.24, 2.45) is 0 Å². The number of ether oxygens (including phenoxy) is 1. The van der Waals surface area contributed by atoms with Gasteiger partial charge in [0.1, 0.15) is 17.9 Å². The van der Waals surface area contributed by atoms with Crippen molar-refractivity contribution in [1.82, 2.24) is 9.80 Å². The number of piperazine rings is 1. The normalized spacial score (nSPS) is 14.9. The van der Waals surface area contributed by atoms with Crippen molar-refractivity contribution in [3.05, 3.63) is 76.1 Å². The molecule has 6 nitrogen and oxygen atoms in total. The molecule has 0 aliphatic carbocycles. The van der Waals surface area contributed by atoms with E-state index in [0.717, 1.165) is 30.9 Å². The number of fused-ring (bicyclic) bond motifs is 1. The molecule has 1 saturated heterocycles. The summed E-state index contributed by atoms with van der Waals surface area (Å²) < 4.78 is 11.5. The van der Waals surface area contributed by atoms with Crippen LogP contribution in [0, 0.1) is 6.92 Å². The fourth-order valence-electron chi connectivity index (χ4n) is 3.52. The van der Waals surface area contributed by atoms with Gasteiger partial charge in [0.05, 0.1) is 5.39 Å². The summed E-state index contributed by atoms with van der Waals surface area (Å²) in [5, 5.41) is 0.504. The van der Waals surface area contributed by atoms with Gasteiger partial charge >= 0.3 is 0 Å². The summed E-state index contributed by atoms with van der Waals surface area (Å²) in [6.45, 7) is 6.06. The maximum absolute atomic E-state index is 12.8. The van der Waals surface area contributed by atoms with Crippen molar-refractivity contribution >= 4 is 16.9 Å². The Morgan fingerprint density at radius 3 is 2.55 bits per heavy atom. The van der Waals surface area contributed by atoms with Gasteiger partial charge in [-0.05, 0) is 31.2 Å². The van der Waals surface area contributed by atoms with Crippen LogP contribution in [0.1, 0.15) is 16.1 Å². The average molecular weight is 392 g/mol. The molecule has 3 aromatic rings. The molecule has 150 valence electrons. The van der Waals surface area contributed by atoms with Gasteiger partial charge in [-0.1, -0.05) is 29.8 Å². The van der Waals surface area contributed by atoms with Crippen molar-refractivity contribution < 1.29 is 13.9 Å². The third kappa shape index (κ3) is 4.49. The Hall–Kier alpha value is -3.12. The first-order valence-electron chi connectivity index (χ1n) is 9.84. The second kappa shape index (κ2) is 8.49. The van der Waals surface area contributed by atoms with E-state index in [2.05, 4.69) is 4.90 Å². The third-order valence-electron chi connectivity index (χ3n) is 5.17. The van der Waals surface area contributed by atoms with Gasteiger partial charge in [-0.2, -0.15) is 0 Å². The molecule has 2 heterocycles. The number of amides is 1. The summed E-state index contributed by atoms with van der Waals surface area (Å²) in [4.78, 5) is 29.2. The van der Waals surface area contributed by atoms with Gasteiger partial charge in [0, 0.05) is 38.8 Å². The SMILES string of the molecule is Cc1ccc2oc(C(=O)N3CCN(CCOc4ccccc4)CC3)cc(=O)c2c1. The Bertz CT molecular complexity index is 1050. The van der Waals surface area contributed by atoms with Crippen LogP contribution in [0.15, 0.2) is 63.8 Å². The van der Waals surface area contributed by atoms with Crippen molar-refractivity contribution in [3.8, 4) is 5.75 Å². The summed E-state index contributed by atoms with van der Waals surface area (Å²) in [6.07, 6.45) is 0. The molecule has 1 aromatic heterocycles. The highest BCUT2D eigenvalue weighted by molar-refractivity contribution is 5.93. The van der Waals surface area contributed by atoms with Crippen LogP contribution in [0.25, 0.3) is 11.0 Å². The van der Waals surface area contributed by atoms with Crippen LogP contribution >= 0.6 is 0 Å². The van der Waals surface area contributed by atoms with Gasteiger partial charge in [0.2, 0.25) is 0 Å². The van der Waals surface area contributed by atoms with Crippen LogP contribution in [0.5, 0.6) is 5.75 Å². The lowest BCUT2D eigenvalue weighted by Crippen LogP contribution is -2.49. The number of aryl methyl sites for hydroxylation is 1. The summed E-state index contributed by atoms with van der Waals surface area (Å²) >= 11 is 0. The van der Waals surface area contributed by atoms with Crippen LogP contribution in [0.4, 0.5) is 0 Å². The number of hydrogen-bond donors (Lipinski definition) is 0. The molecule has 4 rings (SSSR count). The minimum absolute atomic E-state index is 0.104. The molecular weight excluding hydrogens is 368 g/mol. The first kappa shape index (κ1) is 19.2. The van der Waals surface area contributed by atoms with E-state index in [0.29, 0.717) is 30.7 Å². The molecule has 0 saturated carbocycles. The molecule has 29 heavy (non-hydrogen) atoms. The number of benzene rings is 2. The van der Waals surface area contributed by atoms with Crippen LogP contribution < -0.4 is 10.2 Å². The zero-order chi connectivity index (χ0) is 20.2. The minimum Gasteiger partial charge on any atom is -0.492 e. The summed E-state index contributed by atoms with van der Waals surface area (Å²) in [6, 6.07) is 16.4. The quantitative estimate of drug-likeness (QED) is 0.668. The largest absolute Gasteiger partial charge is 0.492 e. The Labute approximate surface area is 169 Å². The molecule has 0 N–H and O–H groups in total. The smallest absolute Gasteiger partial charge is 0.289 e. The molecule has 0 bridgehead atoms. The molecule has 1 aliphatic rings. The van der Waals surface area contributed by atoms with E-state index in [-0.39, 0.29) is 17.1 Å². The zero-order valence-corrected chi connectivity index (χ0v) is 16.5. The fourth-order valence-corrected chi connectivity index (χ4v) is 3.52. The number of hydrogen-bond acceptors (Lipinski definition) is 5. The van der Waals surface area contributed by atoms with Gasteiger partial charge in [-0.15, -0.1) is 0 Å². The van der Waals surface area contributed by atoms with E-state index in [1.807, 2.05) is 43.3 Å². The number of carbonyl (C=O) groups is 1. The standard InChI is InChI=1S/C23H24N2O4/c1-17-7-8-21-19(15-17)20(26)16-22(29-21)23(27)25-11-9-24(10-12-25)13-14-28-18-5-3-2-4-6-18/h2-8,15-16H,9-14H2,1H3. The van der Waals surface area contributed by atoms with Crippen molar-refractivity contribution in [1.29, 1.82) is 0 Å². The molecular formula is C23H24N2O4. The highest BCUT2D eigenvalue weighted by Crippen LogP contribution is 2.16. The van der Waals surface area contributed by atoms with Gasteiger partial charge in [-0.25, -0.2) is 0 Å². The van der Waals surface area contributed by atoms with E-state index in [4.69, 9.17) is 9.15 Å². The van der Waals surface area contributed by atoms with E-state index >= 15 is 0 Å². The van der Waals surface area contributed by atoms with Gasteiger partial charge in [0.15, 0.2) is 11.2 Å². The minimum atomic E-state index is -0.232. The summed E-state index contributed by atoms with van der Waals surface area (Å²) in [5.74, 6) is 0.736. The first-order valence-corrected chi connectivity index (χ1v) is 9.84. The fraction of sp³-hybridized carbons (Fsp3) is 0.304. The second-order valence-corrected chi connectivity index (χ2v) is 7.27. The molecule has 0 unspecified atom stereocenters. The molecule has 1 amide bonds. The Kier molecular flexibility index (Phi) is 5.62. The van der Waals surface area contributed by atoms with Crippen LogP contribution in [-0.2, 0) is 0 Å². The molecule has 0 spiro atoms. The second-order valence-electron chi connectivity index (χ2n) is 7.27. The highest BCUT2D eigenvalue weighted by atomic mass is 16.5. The average Bonchev–Trinajstić information content (AvgIpc) is 2.75. The maximum Gasteiger partial charge on any atom is 0.289 e. The Morgan fingerprint density at radius 2 is 1.79 bits per heavy atom. The summed E-state index contributed by atoms with van der Waals surface area (Å²) in [7, 11) is 0. The van der Waals surface area contributed by atoms with Crippen molar-refractivity contribution in [2.45, 2.75) is 6.92 Å². The van der Waals surface area contributed by atoms with E-state index in [9.17, 15) is 9.59 Å². The number of rotatable bonds is 5. The molecule has 1 fully saturated rings. The Morgan fingerprint density at radius 1 is 1.03 bits per heavy atom. The van der Waals surface area contributed by atoms with E-state index in [1.54, 1.807) is 17.0 Å². The monoisotopic (exact) mass is 392 g/mol. The predicted molar refractivity (Wildman–Crippen MR) is 112 cm³/mol. The van der Waals surface area contributed by atoms with Gasteiger partial charge < -0.3 is 14.1 Å². The third-order valence-corrected chi connectivity index (χ3v) is 5.17. The van der Waals surface area contributed by atoms with E-state index < -0.39 is 0 Å². The molecule has 0 atom stereocenters. The van der Waals surface area contributed by atoms with Crippen molar-refractivity contribution in [2.75, 3.05) is 39.3 Å². The van der Waals surface area contributed by atoms with Crippen molar-refractivity contribution in [3.63, 3.8) is 0 Å². The number of para-hydroxylation sites is 1. The molecule has 2 aromatic carbocycles. The van der Waals surface area contributed by atoms with Crippen LogP contribution in [0.2, 0.25) is 0 Å². The topological polar surface area (TPSA) is 63.0 Å². The molecule has 0 radical (unpaired) electrons.